The first-order chi connectivity index (χ1) is 9.71. The van der Waals surface area contributed by atoms with Crippen molar-refractivity contribution in [2.24, 2.45) is 17.6 Å². The normalized spacial score (nSPS) is 27.1. The van der Waals surface area contributed by atoms with E-state index in [0.717, 1.165) is 43.4 Å². The first-order valence-electron chi connectivity index (χ1n) is 7.67. The molecule has 1 aliphatic rings. The van der Waals surface area contributed by atoms with Gasteiger partial charge in [-0.1, -0.05) is 38.8 Å². The van der Waals surface area contributed by atoms with Gasteiger partial charge in [-0.25, -0.2) is 0 Å². The maximum Gasteiger partial charge on any atom is 0.416 e. The molecule has 2 rings (SSSR count). The molecule has 2 atom stereocenters. The van der Waals surface area contributed by atoms with Crippen LogP contribution in [0.4, 0.5) is 13.2 Å². The lowest BCUT2D eigenvalue weighted by Crippen LogP contribution is -2.41. The van der Waals surface area contributed by atoms with Gasteiger partial charge in [0, 0.05) is 5.54 Å². The quantitative estimate of drug-likeness (QED) is 0.826. The van der Waals surface area contributed by atoms with Crippen molar-refractivity contribution < 1.29 is 13.2 Å². The molecular formula is C17H24F3N. The van der Waals surface area contributed by atoms with Gasteiger partial charge >= 0.3 is 6.18 Å². The van der Waals surface area contributed by atoms with Crippen LogP contribution in [-0.2, 0) is 11.7 Å². The van der Waals surface area contributed by atoms with Crippen LogP contribution in [0.15, 0.2) is 24.3 Å². The van der Waals surface area contributed by atoms with Crippen LogP contribution >= 0.6 is 0 Å². The molecule has 0 radical (unpaired) electrons. The second-order valence-electron chi connectivity index (χ2n) is 6.82. The van der Waals surface area contributed by atoms with Gasteiger partial charge in [0.05, 0.1) is 5.56 Å². The minimum Gasteiger partial charge on any atom is -0.321 e. The van der Waals surface area contributed by atoms with Gasteiger partial charge in [0.15, 0.2) is 0 Å². The summed E-state index contributed by atoms with van der Waals surface area (Å²) in [6.07, 6.45) is 0.808. The predicted octanol–water partition coefficient (Wildman–Crippen LogP) is 5.10. The molecule has 1 saturated carbocycles. The van der Waals surface area contributed by atoms with Crippen molar-refractivity contribution in [3.05, 3.63) is 35.4 Å². The van der Waals surface area contributed by atoms with Gasteiger partial charge in [0.2, 0.25) is 0 Å². The zero-order valence-electron chi connectivity index (χ0n) is 12.7. The van der Waals surface area contributed by atoms with E-state index in [0.29, 0.717) is 11.8 Å². The molecule has 1 nitrogen and oxygen atoms in total. The van der Waals surface area contributed by atoms with E-state index >= 15 is 0 Å². The van der Waals surface area contributed by atoms with Crippen LogP contribution in [0.2, 0.25) is 0 Å². The van der Waals surface area contributed by atoms with Crippen LogP contribution in [0.1, 0.15) is 57.1 Å². The van der Waals surface area contributed by atoms with E-state index in [1.165, 1.54) is 6.42 Å². The summed E-state index contributed by atoms with van der Waals surface area (Å²) in [7, 11) is 0. The van der Waals surface area contributed by atoms with Crippen LogP contribution in [0.5, 0.6) is 0 Å². The molecule has 0 bridgehead atoms. The second kappa shape index (κ2) is 5.99. The molecule has 1 fully saturated rings. The van der Waals surface area contributed by atoms with Crippen LogP contribution in [-0.4, -0.2) is 0 Å². The van der Waals surface area contributed by atoms with Gasteiger partial charge in [0.25, 0.3) is 0 Å². The number of benzene rings is 1. The highest BCUT2D eigenvalue weighted by molar-refractivity contribution is 5.30. The predicted molar refractivity (Wildman–Crippen MR) is 78.7 cm³/mol. The Hall–Kier alpha value is -1.03. The molecular weight excluding hydrogens is 275 g/mol. The maximum absolute atomic E-state index is 12.6. The fourth-order valence-corrected chi connectivity index (χ4v) is 3.55. The highest BCUT2D eigenvalue weighted by Gasteiger charge is 2.36. The second-order valence-corrected chi connectivity index (χ2v) is 6.82. The summed E-state index contributed by atoms with van der Waals surface area (Å²) < 4.78 is 37.9. The fraction of sp³-hybridized carbons (Fsp3) is 0.647. The molecule has 118 valence electrons. The van der Waals surface area contributed by atoms with Gasteiger partial charge in [-0.15, -0.1) is 0 Å². The molecule has 21 heavy (non-hydrogen) atoms. The zero-order chi connectivity index (χ0) is 15.7. The van der Waals surface area contributed by atoms with E-state index < -0.39 is 17.3 Å². The molecule has 1 aromatic rings. The van der Waals surface area contributed by atoms with Crippen LogP contribution in [0.3, 0.4) is 0 Å². The minimum absolute atomic E-state index is 0.470. The summed E-state index contributed by atoms with van der Waals surface area (Å²) in [5.41, 5.74) is 6.28. The SMILES string of the molecule is CC(C)CC1CCCC(N)(c2ccc(C(F)(F)F)cc2)C1. The van der Waals surface area contributed by atoms with E-state index in [9.17, 15) is 13.2 Å². The Morgan fingerprint density at radius 2 is 1.86 bits per heavy atom. The first-order valence-corrected chi connectivity index (χ1v) is 7.67. The Morgan fingerprint density at radius 1 is 1.24 bits per heavy atom. The van der Waals surface area contributed by atoms with Crippen LogP contribution in [0.25, 0.3) is 0 Å². The summed E-state index contributed by atoms with van der Waals surface area (Å²) in [4.78, 5) is 0. The topological polar surface area (TPSA) is 26.0 Å². The van der Waals surface area contributed by atoms with Crippen molar-refractivity contribution >= 4 is 0 Å². The Balaban J connectivity index is 2.15. The van der Waals surface area contributed by atoms with Crippen molar-refractivity contribution in [1.82, 2.24) is 0 Å². The molecule has 0 aliphatic heterocycles. The molecule has 0 aromatic heterocycles. The van der Waals surface area contributed by atoms with Gasteiger partial charge < -0.3 is 5.73 Å². The van der Waals surface area contributed by atoms with Crippen molar-refractivity contribution in [1.29, 1.82) is 0 Å². The number of hydrogen-bond acceptors (Lipinski definition) is 1. The third-order valence-electron chi connectivity index (χ3n) is 4.48. The average molecular weight is 299 g/mol. The smallest absolute Gasteiger partial charge is 0.321 e. The molecule has 4 heteroatoms. The minimum atomic E-state index is -4.28. The summed E-state index contributed by atoms with van der Waals surface area (Å²) in [5, 5.41) is 0. The molecule has 0 amide bonds. The third-order valence-corrected chi connectivity index (χ3v) is 4.48. The van der Waals surface area contributed by atoms with E-state index in [2.05, 4.69) is 13.8 Å². The van der Waals surface area contributed by atoms with Gasteiger partial charge in [-0.05, 0) is 48.8 Å². The Kier molecular flexibility index (Phi) is 4.66. The lowest BCUT2D eigenvalue weighted by molar-refractivity contribution is -0.137. The maximum atomic E-state index is 12.6. The van der Waals surface area contributed by atoms with Gasteiger partial charge in [-0.3, -0.25) is 0 Å². The van der Waals surface area contributed by atoms with E-state index in [1.54, 1.807) is 12.1 Å². The van der Waals surface area contributed by atoms with Crippen molar-refractivity contribution in [3.63, 3.8) is 0 Å². The van der Waals surface area contributed by atoms with E-state index in [1.807, 2.05) is 0 Å². The van der Waals surface area contributed by atoms with Gasteiger partial charge in [0.1, 0.15) is 0 Å². The molecule has 1 aromatic carbocycles. The third kappa shape index (κ3) is 4.00. The zero-order valence-corrected chi connectivity index (χ0v) is 12.7. The van der Waals surface area contributed by atoms with Crippen molar-refractivity contribution in [2.45, 2.75) is 57.7 Å². The number of hydrogen-bond donors (Lipinski definition) is 1. The van der Waals surface area contributed by atoms with Crippen molar-refractivity contribution in [3.8, 4) is 0 Å². The molecule has 1 aliphatic carbocycles. The molecule has 2 unspecified atom stereocenters. The number of nitrogens with two attached hydrogens (primary N) is 1. The standard InChI is InChI=1S/C17H24F3N/c1-12(2)10-13-4-3-9-16(21,11-13)14-5-7-15(8-6-14)17(18,19)20/h5-8,12-13H,3-4,9-11,21H2,1-2H3. The van der Waals surface area contributed by atoms with Crippen molar-refractivity contribution in [2.75, 3.05) is 0 Å². The Bertz CT molecular complexity index is 464. The molecule has 0 saturated heterocycles. The summed E-state index contributed by atoms with van der Waals surface area (Å²) in [5.74, 6) is 1.20. The highest BCUT2D eigenvalue weighted by Crippen LogP contribution is 2.41. The number of alkyl halides is 3. The lowest BCUT2D eigenvalue weighted by atomic mass is 9.70. The monoisotopic (exact) mass is 299 g/mol. The molecule has 0 heterocycles. The Labute approximate surface area is 124 Å². The highest BCUT2D eigenvalue weighted by atomic mass is 19.4. The number of halogens is 3. The summed E-state index contributed by atoms with van der Waals surface area (Å²) >= 11 is 0. The van der Waals surface area contributed by atoms with E-state index in [-0.39, 0.29) is 0 Å². The van der Waals surface area contributed by atoms with Crippen LogP contribution < -0.4 is 5.73 Å². The average Bonchev–Trinajstić information content (AvgIpc) is 2.37. The molecule has 2 N–H and O–H groups in total. The lowest BCUT2D eigenvalue weighted by Gasteiger charge is -2.39. The molecule has 0 spiro atoms. The summed E-state index contributed by atoms with van der Waals surface area (Å²) in [6.45, 7) is 4.40. The largest absolute Gasteiger partial charge is 0.416 e. The summed E-state index contributed by atoms with van der Waals surface area (Å²) in [6, 6.07) is 5.41. The number of rotatable bonds is 3. The van der Waals surface area contributed by atoms with Crippen LogP contribution in [0, 0.1) is 11.8 Å². The first kappa shape index (κ1) is 16.3. The fourth-order valence-electron chi connectivity index (χ4n) is 3.55. The Morgan fingerprint density at radius 3 is 2.38 bits per heavy atom. The van der Waals surface area contributed by atoms with Gasteiger partial charge in [-0.2, -0.15) is 13.2 Å². The van der Waals surface area contributed by atoms with E-state index in [4.69, 9.17) is 5.73 Å².